The molecule has 2 amide bonds. The van der Waals surface area contributed by atoms with Crippen molar-refractivity contribution in [3.63, 3.8) is 0 Å². The summed E-state index contributed by atoms with van der Waals surface area (Å²) in [4.78, 5) is 18.7. The molecule has 1 aliphatic rings. The highest BCUT2D eigenvalue weighted by atomic mass is 32.1. The van der Waals surface area contributed by atoms with E-state index in [0.29, 0.717) is 6.61 Å². The van der Waals surface area contributed by atoms with Crippen molar-refractivity contribution in [3.8, 4) is 0 Å². The molecular weight excluding hydrogens is 286 g/mol. The lowest BCUT2D eigenvalue weighted by Crippen LogP contribution is -2.40. The summed E-state index contributed by atoms with van der Waals surface area (Å²) < 4.78 is 6.29. The minimum absolute atomic E-state index is 0.0462. The molecule has 5 nitrogen and oxygen atoms in total. The lowest BCUT2D eigenvalue weighted by atomic mass is 10.2. The number of likely N-dealkylation sites (tertiary alicyclic amines) is 1. The Bertz CT molecular complexity index is 655. The quantitative estimate of drug-likeness (QED) is 0.947. The number of ether oxygens (including phenoxy) is 1. The molecule has 1 N–H and O–H groups in total. The fourth-order valence-corrected chi connectivity index (χ4v) is 3.65. The van der Waals surface area contributed by atoms with E-state index in [4.69, 9.17) is 4.74 Å². The first kappa shape index (κ1) is 14.3. The van der Waals surface area contributed by atoms with E-state index in [1.165, 1.54) is 0 Å². The Morgan fingerprint density at radius 1 is 1.57 bits per heavy atom. The van der Waals surface area contributed by atoms with Crippen molar-refractivity contribution in [1.29, 1.82) is 0 Å². The number of rotatable bonds is 3. The van der Waals surface area contributed by atoms with E-state index >= 15 is 0 Å². The first-order valence-corrected chi connectivity index (χ1v) is 7.93. The molecule has 1 atom stereocenters. The Kier molecular flexibility index (Phi) is 4.07. The van der Waals surface area contributed by atoms with Crippen molar-refractivity contribution in [2.24, 2.45) is 0 Å². The fourth-order valence-electron chi connectivity index (χ4n) is 2.78. The van der Waals surface area contributed by atoms with Crippen LogP contribution in [0.2, 0.25) is 0 Å². The van der Waals surface area contributed by atoms with E-state index in [9.17, 15) is 4.79 Å². The van der Waals surface area contributed by atoms with Crippen molar-refractivity contribution in [2.45, 2.75) is 25.8 Å². The monoisotopic (exact) mass is 305 g/mol. The van der Waals surface area contributed by atoms with Gasteiger partial charge in [0.1, 0.15) is 0 Å². The van der Waals surface area contributed by atoms with E-state index in [-0.39, 0.29) is 12.1 Å². The first-order valence-electron chi connectivity index (χ1n) is 7.11. The highest BCUT2D eigenvalue weighted by Gasteiger charge is 2.28. The topological polar surface area (TPSA) is 54.5 Å². The number of methoxy groups -OCH3 is 1. The Morgan fingerprint density at radius 3 is 3.24 bits per heavy atom. The fraction of sp³-hybridized carbons (Fsp3) is 0.467. The molecule has 2 aromatic rings. The maximum atomic E-state index is 12.4. The average molecular weight is 305 g/mol. The summed E-state index contributed by atoms with van der Waals surface area (Å²) in [5.41, 5.74) is 1.80. The number of hydrogen-bond acceptors (Lipinski definition) is 4. The predicted molar refractivity (Wildman–Crippen MR) is 85.0 cm³/mol. The van der Waals surface area contributed by atoms with Gasteiger partial charge in [-0.15, -0.1) is 11.3 Å². The molecule has 1 aromatic carbocycles. The van der Waals surface area contributed by atoms with Gasteiger partial charge in [0, 0.05) is 19.3 Å². The molecule has 2 heterocycles. The first-order chi connectivity index (χ1) is 10.2. The number of carbonyl (C=O) groups is 1. The zero-order valence-electron chi connectivity index (χ0n) is 12.3. The molecule has 1 aromatic heterocycles. The minimum atomic E-state index is -0.0462. The van der Waals surface area contributed by atoms with Gasteiger partial charge in [-0.05, 0) is 38.0 Å². The molecule has 112 valence electrons. The minimum Gasteiger partial charge on any atom is -0.383 e. The van der Waals surface area contributed by atoms with Gasteiger partial charge in [-0.1, -0.05) is 0 Å². The molecule has 21 heavy (non-hydrogen) atoms. The Hall–Kier alpha value is -1.66. The number of amides is 2. The number of nitrogens with one attached hydrogen (secondary N) is 1. The van der Waals surface area contributed by atoms with Crippen LogP contribution in [0.25, 0.3) is 10.2 Å². The molecule has 0 bridgehead atoms. The lowest BCUT2D eigenvalue weighted by Gasteiger charge is -2.24. The third-order valence-electron chi connectivity index (χ3n) is 3.74. The second kappa shape index (κ2) is 5.99. The molecule has 0 radical (unpaired) electrons. The second-order valence-corrected chi connectivity index (χ2v) is 6.53. The van der Waals surface area contributed by atoms with Gasteiger partial charge < -0.3 is 15.0 Å². The molecular formula is C15H19N3O2S. The van der Waals surface area contributed by atoms with Crippen LogP contribution in [0.4, 0.5) is 10.5 Å². The molecule has 1 fully saturated rings. The zero-order chi connectivity index (χ0) is 14.8. The maximum absolute atomic E-state index is 12.4. The molecule has 1 saturated heterocycles. The van der Waals surface area contributed by atoms with Crippen LogP contribution in [0.15, 0.2) is 18.2 Å². The van der Waals surface area contributed by atoms with Crippen molar-refractivity contribution in [2.75, 3.05) is 25.6 Å². The van der Waals surface area contributed by atoms with Crippen LogP contribution in [0, 0.1) is 6.92 Å². The van der Waals surface area contributed by atoms with E-state index < -0.39 is 0 Å². The predicted octanol–water partition coefficient (Wildman–Crippen LogP) is 3.25. The van der Waals surface area contributed by atoms with Crippen molar-refractivity contribution in [3.05, 3.63) is 23.2 Å². The van der Waals surface area contributed by atoms with Crippen molar-refractivity contribution < 1.29 is 9.53 Å². The smallest absolute Gasteiger partial charge is 0.322 e. The Labute approximate surface area is 127 Å². The number of urea groups is 1. The number of anilines is 1. The largest absolute Gasteiger partial charge is 0.383 e. The zero-order valence-corrected chi connectivity index (χ0v) is 13.1. The number of carbonyl (C=O) groups excluding carboxylic acids is 1. The molecule has 0 spiro atoms. The second-order valence-electron chi connectivity index (χ2n) is 5.29. The van der Waals surface area contributed by atoms with Crippen LogP contribution >= 0.6 is 11.3 Å². The highest BCUT2D eigenvalue weighted by molar-refractivity contribution is 7.18. The number of benzene rings is 1. The Morgan fingerprint density at radius 2 is 2.43 bits per heavy atom. The van der Waals surface area contributed by atoms with E-state index in [2.05, 4.69) is 10.3 Å². The van der Waals surface area contributed by atoms with E-state index in [1.807, 2.05) is 30.0 Å². The van der Waals surface area contributed by atoms with Gasteiger partial charge in [0.25, 0.3) is 0 Å². The van der Waals surface area contributed by atoms with Crippen molar-refractivity contribution in [1.82, 2.24) is 9.88 Å². The highest BCUT2D eigenvalue weighted by Crippen LogP contribution is 2.25. The molecule has 1 aliphatic heterocycles. The SMILES string of the molecule is COCC1CCCN1C(=O)Nc1ccc2nc(C)sc2c1. The van der Waals surface area contributed by atoms with Crippen LogP contribution in [-0.4, -0.2) is 42.2 Å². The molecule has 0 aliphatic carbocycles. The van der Waals surface area contributed by atoms with E-state index in [0.717, 1.165) is 40.3 Å². The average Bonchev–Trinajstić information content (AvgIpc) is 3.04. The van der Waals surface area contributed by atoms with Gasteiger partial charge in [0.05, 0.1) is 27.9 Å². The summed E-state index contributed by atoms with van der Waals surface area (Å²) in [5.74, 6) is 0. The molecule has 1 unspecified atom stereocenters. The normalized spacial score (nSPS) is 18.4. The van der Waals surface area contributed by atoms with E-state index in [1.54, 1.807) is 18.4 Å². The summed E-state index contributed by atoms with van der Waals surface area (Å²) in [5, 5.41) is 4.02. The summed E-state index contributed by atoms with van der Waals surface area (Å²) in [6.07, 6.45) is 2.04. The van der Waals surface area contributed by atoms with Crippen LogP contribution in [-0.2, 0) is 4.74 Å². The third kappa shape index (κ3) is 3.01. The number of thiazole rings is 1. The Balaban J connectivity index is 1.73. The standard InChI is InChI=1S/C15H19N3O2S/c1-10-16-13-6-5-11(8-14(13)21-10)17-15(19)18-7-3-4-12(18)9-20-2/h5-6,8,12H,3-4,7,9H2,1-2H3,(H,17,19). The van der Waals surface area contributed by atoms with Crippen molar-refractivity contribution >= 4 is 33.3 Å². The van der Waals surface area contributed by atoms with Gasteiger partial charge in [0.2, 0.25) is 0 Å². The van der Waals surface area contributed by atoms with Gasteiger partial charge in [-0.2, -0.15) is 0 Å². The number of aromatic nitrogens is 1. The molecule has 0 saturated carbocycles. The van der Waals surface area contributed by atoms with Gasteiger partial charge >= 0.3 is 6.03 Å². The van der Waals surface area contributed by atoms with Gasteiger partial charge in [0.15, 0.2) is 0 Å². The van der Waals surface area contributed by atoms with Gasteiger partial charge in [-0.25, -0.2) is 9.78 Å². The molecule has 6 heteroatoms. The third-order valence-corrected chi connectivity index (χ3v) is 4.68. The summed E-state index contributed by atoms with van der Waals surface area (Å²) in [7, 11) is 1.68. The summed E-state index contributed by atoms with van der Waals surface area (Å²) >= 11 is 1.64. The number of hydrogen-bond donors (Lipinski definition) is 1. The van der Waals surface area contributed by atoms with Gasteiger partial charge in [-0.3, -0.25) is 0 Å². The van der Waals surface area contributed by atoms with Crippen LogP contribution in [0.1, 0.15) is 17.8 Å². The summed E-state index contributed by atoms with van der Waals surface area (Å²) in [6.45, 7) is 3.38. The lowest BCUT2D eigenvalue weighted by molar-refractivity contribution is 0.128. The number of nitrogens with zero attached hydrogens (tertiary/aromatic N) is 2. The number of fused-ring (bicyclic) bond motifs is 1. The van der Waals surface area contributed by atoms with Crippen LogP contribution < -0.4 is 5.32 Å². The van der Waals surface area contributed by atoms with Crippen LogP contribution in [0.5, 0.6) is 0 Å². The maximum Gasteiger partial charge on any atom is 0.322 e. The number of aryl methyl sites for hydroxylation is 1. The summed E-state index contributed by atoms with van der Waals surface area (Å²) in [6, 6.07) is 5.98. The van der Waals surface area contributed by atoms with Crippen LogP contribution in [0.3, 0.4) is 0 Å². The molecule has 3 rings (SSSR count).